The molecule has 168 valence electrons. The second-order valence-corrected chi connectivity index (χ2v) is 7.43. The summed E-state index contributed by atoms with van der Waals surface area (Å²) in [5.74, 6) is -3.17. The van der Waals surface area contributed by atoms with Gasteiger partial charge in [0.15, 0.2) is 11.8 Å². The van der Waals surface area contributed by atoms with Crippen LogP contribution in [0.15, 0.2) is 60.3 Å². The summed E-state index contributed by atoms with van der Waals surface area (Å²) in [5.41, 5.74) is 1.68. The van der Waals surface area contributed by atoms with Crippen molar-refractivity contribution in [3.63, 3.8) is 0 Å². The fraction of sp³-hybridized carbons (Fsp3) is 0.217. The predicted octanol–water partition coefficient (Wildman–Crippen LogP) is 1.97. The maximum atomic E-state index is 14.6. The number of carbonyl (C=O) groups excluding carboxylic acids is 3. The Bertz CT molecular complexity index is 1110. The number of ketones is 1. The molecule has 0 radical (unpaired) electrons. The van der Waals surface area contributed by atoms with E-state index in [-0.39, 0.29) is 40.7 Å². The van der Waals surface area contributed by atoms with Crippen LogP contribution in [0.25, 0.3) is 11.1 Å². The number of hydrogen-bond acceptors (Lipinski definition) is 4. The van der Waals surface area contributed by atoms with Gasteiger partial charge in [-0.2, -0.15) is 0 Å². The number of carbonyl (C=O) groups is 4. The first-order valence-electron chi connectivity index (χ1n) is 9.80. The third-order valence-corrected chi connectivity index (χ3v) is 5.07. The molecule has 2 atom stereocenters. The van der Waals surface area contributed by atoms with Crippen LogP contribution in [0.4, 0.5) is 9.18 Å². The van der Waals surface area contributed by atoms with Crippen LogP contribution in [0.3, 0.4) is 0 Å². The number of carboxylic acids is 1. The molecule has 3 rings (SSSR count). The standard InChI is InChI=1S/C23H22FN3O5.Na.H/c1-13-12-27(2)22(31)20(21(13)30)26-23(32)25-18(11-19(28)29)16-10-15(8-9-17(16)24)14-6-4-3-5-7-14;;/h3-10,12,18,20H,11H2,1-2H3,(H,28,29)(H2,25,26,32);;. The fourth-order valence-electron chi connectivity index (χ4n) is 3.45. The summed E-state index contributed by atoms with van der Waals surface area (Å²) in [7, 11) is 1.45. The Morgan fingerprint density at radius 3 is 2.42 bits per heavy atom. The molecule has 0 saturated heterocycles. The number of aliphatic carboxylic acids is 1. The van der Waals surface area contributed by atoms with Crippen molar-refractivity contribution in [2.24, 2.45) is 0 Å². The molecule has 2 unspecified atom stereocenters. The number of rotatable bonds is 6. The Hall–Kier alpha value is -3.01. The van der Waals surface area contributed by atoms with Gasteiger partial charge >= 0.3 is 41.6 Å². The van der Waals surface area contributed by atoms with Gasteiger partial charge in [0, 0.05) is 24.4 Å². The average molecular weight is 463 g/mol. The van der Waals surface area contributed by atoms with Crippen LogP contribution in [0.1, 0.15) is 24.9 Å². The predicted molar refractivity (Wildman–Crippen MR) is 121 cm³/mol. The molecule has 0 aliphatic carbocycles. The monoisotopic (exact) mass is 463 g/mol. The SMILES string of the molecule is CC1=CN(C)C(=O)C(NC(=O)NC(CC(=O)O)c2cc(-c3ccccc3)ccc2F)C1=O.[NaH]. The van der Waals surface area contributed by atoms with Crippen molar-refractivity contribution >= 4 is 53.2 Å². The van der Waals surface area contributed by atoms with Gasteiger partial charge in [-0.1, -0.05) is 36.4 Å². The Kier molecular flexibility index (Phi) is 8.92. The molecule has 3 amide bonds. The summed E-state index contributed by atoms with van der Waals surface area (Å²) in [6, 6.07) is 9.65. The van der Waals surface area contributed by atoms with Gasteiger partial charge < -0.3 is 20.6 Å². The van der Waals surface area contributed by atoms with Crippen molar-refractivity contribution in [2.45, 2.75) is 25.4 Å². The summed E-state index contributed by atoms with van der Waals surface area (Å²) in [6.07, 6.45) is 0.756. The first-order chi connectivity index (χ1) is 15.2. The topological polar surface area (TPSA) is 116 Å². The van der Waals surface area contributed by atoms with E-state index in [0.717, 1.165) is 5.56 Å². The van der Waals surface area contributed by atoms with Gasteiger partial charge in [-0.3, -0.25) is 14.4 Å². The number of hydrogen-bond donors (Lipinski definition) is 3. The molecule has 2 aromatic rings. The number of amides is 3. The number of urea groups is 1. The Labute approximate surface area is 212 Å². The van der Waals surface area contributed by atoms with E-state index in [1.807, 2.05) is 30.3 Å². The van der Waals surface area contributed by atoms with Crippen LogP contribution in [-0.2, 0) is 14.4 Å². The molecule has 0 fully saturated rings. The molecule has 1 aliphatic rings. The zero-order valence-electron chi connectivity index (χ0n) is 17.5. The number of halogens is 1. The summed E-state index contributed by atoms with van der Waals surface area (Å²) in [6.45, 7) is 1.51. The minimum absolute atomic E-state index is 0. The first kappa shape index (κ1) is 26.2. The number of Topliss-reactive ketones (excluding diaryl/α,β-unsaturated/α-hetero) is 1. The van der Waals surface area contributed by atoms with Crippen LogP contribution < -0.4 is 10.6 Å². The van der Waals surface area contributed by atoms with E-state index < -0.39 is 48.0 Å². The Balaban J connectivity index is 0.00000385. The van der Waals surface area contributed by atoms with Crippen LogP contribution in [0.5, 0.6) is 0 Å². The van der Waals surface area contributed by atoms with Crippen molar-refractivity contribution in [1.82, 2.24) is 15.5 Å². The van der Waals surface area contributed by atoms with Crippen LogP contribution in [-0.4, -0.2) is 76.3 Å². The number of carboxylic acid groups (broad SMARTS) is 1. The molecule has 8 nitrogen and oxygen atoms in total. The van der Waals surface area contributed by atoms with E-state index in [0.29, 0.717) is 5.56 Å². The molecule has 0 saturated carbocycles. The zero-order valence-corrected chi connectivity index (χ0v) is 17.5. The fourth-order valence-corrected chi connectivity index (χ4v) is 3.45. The normalized spacial score (nSPS) is 16.4. The molecule has 1 aliphatic heterocycles. The molecule has 2 aromatic carbocycles. The van der Waals surface area contributed by atoms with Crippen LogP contribution in [0.2, 0.25) is 0 Å². The second kappa shape index (κ2) is 11.2. The number of nitrogens with one attached hydrogen (secondary N) is 2. The van der Waals surface area contributed by atoms with E-state index in [1.165, 1.54) is 37.2 Å². The van der Waals surface area contributed by atoms with Crippen molar-refractivity contribution in [1.29, 1.82) is 0 Å². The van der Waals surface area contributed by atoms with E-state index in [4.69, 9.17) is 0 Å². The van der Waals surface area contributed by atoms with E-state index in [1.54, 1.807) is 6.07 Å². The summed E-state index contributed by atoms with van der Waals surface area (Å²) in [5, 5.41) is 14.0. The molecule has 1 heterocycles. The van der Waals surface area contributed by atoms with Gasteiger partial charge in [-0.15, -0.1) is 0 Å². The van der Waals surface area contributed by atoms with Gasteiger partial charge in [0.25, 0.3) is 5.91 Å². The molecule has 0 spiro atoms. The summed E-state index contributed by atoms with van der Waals surface area (Å²) >= 11 is 0. The van der Waals surface area contributed by atoms with Crippen molar-refractivity contribution < 1.29 is 28.7 Å². The zero-order chi connectivity index (χ0) is 23.4. The van der Waals surface area contributed by atoms with E-state index >= 15 is 0 Å². The Morgan fingerprint density at radius 1 is 1.12 bits per heavy atom. The van der Waals surface area contributed by atoms with E-state index in [9.17, 15) is 28.7 Å². The molecular formula is C23H23FN3NaO5. The van der Waals surface area contributed by atoms with Crippen LogP contribution >= 0.6 is 0 Å². The van der Waals surface area contributed by atoms with Gasteiger partial charge in [0.05, 0.1) is 12.5 Å². The number of benzene rings is 2. The quantitative estimate of drug-likeness (QED) is 0.448. The van der Waals surface area contributed by atoms with Gasteiger partial charge in [0.2, 0.25) is 0 Å². The molecule has 0 aromatic heterocycles. The molecule has 10 heteroatoms. The molecule has 3 N–H and O–H groups in total. The average Bonchev–Trinajstić information content (AvgIpc) is 2.75. The first-order valence-corrected chi connectivity index (χ1v) is 9.80. The molecular weight excluding hydrogens is 440 g/mol. The number of likely N-dealkylation sites (N-methyl/N-ethyl adjacent to an activating group) is 1. The number of nitrogens with zero attached hydrogens (tertiary/aromatic N) is 1. The van der Waals surface area contributed by atoms with Gasteiger partial charge in [-0.05, 0) is 30.2 Å². The van der Waals surface area contributed by atoms with Crippen molar-refractivity contribution in [3.05, 3.63) is 71.7 Å². The minimum atomic E-state index is -1.45. The third-order valence-electron chi connectivity index (χ3n) is 5.07. The molecule has 0 bridgehead atoms. The van der Waals surface area contributed by atoms with E-state index in [2.05, 4.69) is 10.6 Å². The molecule has 33 heavy (non-hydrogen) atoms. The summed E-state index contributed by atoms with van der Waals surface area (Å²) < 4.78 is 14.6. The third kappa shape index (κ3) is 6.28. The summed E-state index contributed by atoms with van der Waals surface area (Å²) in [4.78, 5) is 49.7. The van der Waals surface area contributed by atoms with Crippen molar-refractivity contribution in [2.75, 3.05) is 7.05 Å². The van der Waals surface area contributed by atoms with Gasteiger partial charge in [0.1, 0.15) is 5.82 Å². The van der Waals surface area contributed by atoms with Crippen LogP contribution in [0, 0.1) is 5.82 Å². The van der Waals surface area contributed by atoms with Crippen molar-refractivity contribution in [3.8, 4) is 11.1 Å². The second-order valence-electron chi connectivity index (χ2n) is 7.43. The van der Waals surface area contributed by atoms with Gasteiger partial charge in [-0.25, -0.2) is 9.18 Å². The maximum absolute atomic E-state index is 14.6. The Morgan fingerprint density at radius 2 is 1.79 bits per heavy atom.